The largest absolute Gasteiger partial charge is 0.399 e. The summed E-state index contributed by atoms with van der Waals surface area (Å²) in [4.78, 5) is 28.8. The Morgan fingerprint density at radius 1 is 0.960 bits per heavy atom. The number of nitrogens with two attached hydrogens (primary N) is 1. The molecule has 0 aliphatic carbocycles. The maximum atomic E-state index is 12.7. The number of nitrogen functional groups attached to an aromatic ring is 1. The van der Waals surface area contributed by atoms with Gasteiger partial charge >= 0.3 is 0 Å². The van der Waals surface area contributed by atoms with Gasteiger partial charge < -0.3 is 15.5 Å². The highest BCUT2D eigenvalue weighted by molar-refractivity contribution is 6.30. The minimum atomic E-state index is -0.0604. The van der Waals surface area contributed by atoms with E-state index in [1.54, 1.807) is 46.2 Å². The van der Waals surface area contributed by atoms with Crippen LogP contribution in [0.15, 0.2) is 42.5 Å². The van der Waals surface area contributed by atoms with E-state index >= 15 is 0 Å². The SMILES string of the molecule is Cc1ccc(N)cc1C(=O)N1CCN(C(=O)c2cccc(Cl)c2)CC1. The monoisotopic (exact) mass is 357 g/mol. The minimum Gasteiger partial charge on any atom is -0.399 e. The molecule has 1 aliphatic rings. The zero-order valence-corrected chi connectivity index (χ0v) is 14.8. The van der Waals surface area contributed by atoms with E-state index in [0.29, 0.717) is 48.0 Å². The van der Waals surface area contributed by atoms with Crippen molar-refractivity contribution in [2.24, 2.45) is 0 Å². The van der Waals surface area contributed by atoms with Crippen molar-refractivity contribution < 1.29 is 9.59 Å². The average molecular weight is 358 g/mol. The molecule has 0 radical (unpaired) electrons. The van der Waals surface area contributed by atoms with Gasteiger partial charge in [-0.2, -0.15) is 0 Å². The smallest absolute Gasteiger partial charge is 0.254 e. The predicted molar refractivity (Wildman–Crippen MR) is 98.9 cm³/mol. The van der Waals surface area contributed by atoms with Gasteiger partial charge in [0.05, 0.1) is 0 Å². The van der Waals surface area contributed by atoms with Crippen molar-refractivity contribution in [2.75, 3.05) is 31.9 Å². The summed E-state index contributed by atoms with van der Waals surface area (Å²) in [6.45, 7) is 3.89. The third kappa shape index (κ3) is 3.77. The lowest BCUT2D eigenvalue weighted by Crippen LogP contribution is -2.50. The third-order valence-corrected chi connectivity index (χ3v) is 4.65. The molecule has 25 heavy (non-hydrogen) atoms. The number of rotatable bonds is 2. The molecule has 0 spiro atoms. The summed E-state index contributed by atoms with van der Waals surface area (Å²) in [5.41, 5.74) is 8.46. The molecule has 0 unspecified atom stereocenters. The average Bonchev–Trinajstić information content (AvgIpc) is 2.62. The second kappa shape index (κ2) is 7.15. The zero-order valence-electron chi connectivity index (χ0n) is 14.0. The fourth-order valence-corrected chi connectivity index (χ4v) is 3.15. The predicted octanol–water partition coefficient (Wildman–Crippen LogP) is 2.83. The van der Waals surface area contributed by atoms with E-state index in [-0.39, 0.29) is 11.8 Å². The van der Waals surface area contributed by atoms with Crippen molar-refractivity contribution in [3.8, 4) is 0 Å². The number of amides is 2. The van der Waals surface area contributed by atoms with Gasteiger partial charge in [-0.05, 0) is 42.8 Å². The first-order valence-corrected chi connectivity index (χ1v) is 8.54. The first-order chi connectivity index (χ1) is 12.0. The van der Waals surface area contributed by atoms with Crippen molar-refractivity contribution in [1.29, 1.82) is 0 Å². The molecule has 2 aromatic carbocycles. The van der Waals surface area contributed by atoms with Gasteiger partial charge in [-0.3, -0.25) is 9.59 Å². The number of hydrogen-bond donors (Lipinski definition) is 1. The molecule has 1 heterocycles. The van der Waals surface area contributed by atoms with Crippen LogP contribution in [0.4, 0.5) is 5.69 Å². The summed E-state index contributed by atoms with van der Waals surface area (Å²) in [5, 5.41) is 0.539. The van der Waals surface area contributed by atoms with Crippen LogP contribution < -0.4 is 5.73 Å². The number of anilines is 1. The Labute approximate surface area is 152 Å². The summed E-state index contributed by atoms with van der Waals surface area (Å²) >= 11 is 5.95. The number of hydrogen-bond acceptors (Lipinski definition) is 3. The van der Waals surface area contributed by atoms with Crippen molar-refractivity contribution >= 4 is 29.1 Å². The van der Waals surface area contributed by atoms with Crippen molar-refractivity contribution in [3.05, 3.63) is 64.2 Å². The Balaban J connectivity index is 1.66. The van der Waals surface area contributed by atoms with Crippen LogP contribution in [-0.2, 0) is 0 Å². The lowest BCUT2D eigenvalue weighted by Gasteiger charge is -2.35. The van der Waals surface area contributed by atoms with Crippen LogP contribution in [0.5, 0.6) is 0 Å². The first kappa shape index (κ1) is 17.3. The van der Waals surface area contributed by atoms with E-state index in [4.69, 9.17) is 17.3 Å². The molecular formula is C19H20ClN3O2. The van der Waals surface area contributed by atoms with E-state index in [1.165, 1.54) is 0 Å². The van der Waals surface area contributed by atoms with Crippen LogP contribution >= 0.6 is 11.6 Å². The molecule has 5 nitrogen and oxygen atoms in total. The van der Waals surface area contributed by atoms with Crippen molar-refractivity contribution in [2.45, 2.75) is 6.92 Å². The quantitative estimate of drug-likeness (QED) is 0.840. The van der Waals surface area contributed by atoms with Gasteiger partial charge in [0.15, 0.2) is 0 Å². The van der Waals surface area contributed by atoms with E-state index in [0.717, 1.165) is 5.56 Å². The first-order valence-electron chi connectivity index (χ1n) is 8.16. The highest BCUT2D eigenvalue weighted by Crippen LogP contribution is 2.18. The van der Waals surface area contributed by atoms with Gasteiger partial charge in [0, 0.05) is 48.0 Å². The van der Waals surface area contributed by atoms with Gasteiger partial charge in [0.25, 0.3) is 11.8 Å². The molecule has 1 saturated heterocycles. The van der Waals surface area contributed by atoms with Gasteiger partial charge in [0.1, 0.15) is 0 Å². The number of halogens is 1. The second-order valence-corrected chi connectivity index (χ2v) is 6.61. The maximum absolute atomic E-state index is 12.7. The summed E-state index contributed by atoms with van der Waals surface area (Å²) in [7, 11) is 0. The zero-order chi connectivity index (χ0) is 18.0. The van der Waals surface area contributed by atoms with Crippen LogP contribution in [-0.4, -0.2) is 47.8 Å². The number of benzene rings is 2. The summed E-state index contributed by atoms with van der Waals surface area (Å²) in [6, 6.07) is 12.3. The summed E-state index contributed by atoms with van der Waals surface area (Å²) in [6.07, 6.45) is 0. The van der Waals surface area contributed by atoms with E-state index in [9.17, 15) is 9.59 Å². The highest BCUT2D eigenvalue weighted by Gasteiger charge is 2.26. The topological polar surface area (TPSA) is 66.6 Å². The third-order valence-electron chi connectivity index (χ3n) is 4.42. The second-order valence-electron chi connectivity index (χ2n) is 6.17. The normalized spacial score (nSPS) is 14.5. The molecule has 0 bridgehead atoms. The molecule has 2 aromatic rings. The lowest BCUT2D eigenvalue weighted by molar-refractivity contribution is 0.0535. The van der Waals surface area contributed by atoms with Gasteiger partial charge in [0.2, 0.25) is 0 Å². The van der Waals surface area contributed by atoms with Gasteiger partial charge in [-0.1, -0.05) is 23.7 Å². The standard InChI is InChI=1S/C19H20ClN3O2/c1-13-5-6-16(21)12-17(13)19(25)23-9-7-22(8-10-23)18(24)14-3-2-4-15(20)11-14/h2-6,11-12H,7-10,21H2,1H3. The minimum absolute atomic E-state index is 0.0420. The molecule has 3 rings (SSSR count). The Hall–Kier alpha value is -2.53. The fourth-order valence-electron chi connectivity index (χ4n) is 2.96. The van der Waals surface area contributed by atoms with Crippen LogP contribution in [0.1, 0.15) is 26.3 Å². The van der Waals surface area contributed by atoms with E-state index in [2.05, 4.69) is 0 Å². The Morgan fingerprint density at radius 3 is 2.24 bits per heavy atom. The highest BCUT2D eigenvalue weighted by atomic mass is 35.5. The number of piperazine rings is 1. The van der Waals surface area contributed by atoms with Gasteiger partial charge in [-0.25, -0.2) is 0 Å². The molecule has 130 valence electrons. The van der Waals surface area contributed by atoms with Crippen LogP contribution in [0, 0.1) is 6.92 Å². The Bertz CT molecular complexity index is 814. The molecule has 0 saturated carbocycles. The molecular weight excluding hydrogens is 338 g/mol. The Kier molecular flexibility index (Phi) is 4.95. The molecule has 0 aromatic heterocycles. The summed E-state index contributed by atoms with van der Waals surface area (Å²) < 4.78 is 0. The number of nitrogens with zero attached hydrogens (tertiary/aromatic N) is 2. The number of aryl methyl sites for hydroxylation is 1. The van der Waals surface area contributed by atoms with Crippen LogP contribution in [0.25, 0.3) is 0 Å². The van der Waals surface area contributed by atoms with E-state index < -0.39 is 0 Å². The molecule has 2 amide bonds. The van der Waals surface area contributed by atoms with Crippen molar-refractivity contribution in [3.63, 3.8) is 0 Å². The lowest BCUT2D eigenvalue weighted by atomic mass is 10.1. The Morgan fingerprint density at radius 2 is 1.60 bits per heavy atom. The molecule has 0 atom stereocenters. The summed E-state index contributed by atoms with van der Waals surface area (Å²) in [5.74, 6) is -0.102. The molecule has 2 N–H and O–H groups in total. The number of carbonyl (C=O) groups is 2. The van der Waals surface area contributed by atoms with Crippen LogP contribution in [0.2, 0.25) is 5.02 Å². The van der Waals surface area contributed by atoms with Crippen molar-refractivity contribution in [1.82, 2.24) is 9.80 Å². The number of carbonyl (C=O) groups excluding carboxylic acids is 2. The van der Waals surface area contributed by atoms with E-state index in [1.807, 2.05) is 13.0 Å². The van der Waals surface area contributed by atoms with Crippen LogP contribution in [0.3, 0.4) is 0 Å². The molecule has 6 heteroatoms. The van der Waals surface area contributed by atoms with Gasteiger partial charge in [-0.15, -0.1) is 0 Å². The molecule has 1 fully saturated rings. The maximum Gasteiger partial charge on any atom is 0.254 e. The molecule has 1 aliphatic heterocycles. The fraction of sp³-hybridized carbons (Fsp3) is 0.263.